The van der Waals surface area contributed by atoms with Crippen molar-refractivity contribution in [1.82, 2.24) is 15.1 Å². The summed E-state index contributed by atoms with van der Waals surface area (Å²) in [6.45, 7) is 1.95. The van der Waals surface area contributed by atoms with E-state index in [0.29, 0.717) is 19.5 Å². The third-order valence-electron chi connectivity index (χ3n) is 2.81. The zero-order valence-electron chi connectivity index (χ0n) is 10.7. The highest BCUT2D eigenvalue weighted by Gasteiger charge is 2.32. The van der Waals surface area contributed by atoms with Gasteiger partial charge in [-0.25, -0.2) is 0 Å². The molecule has 0 aromatic heterocycles. The van der Waals surface area contributed by atoms with Crippen molar-refractivity contribution in [2.45, 2.75) is 12.5 Å². The molecule has 1 rings (SSSR count). The van der Waals surface area contributed by atoms with Gasteiger partial charge in [0.15, 0.2) is 0 Å². The summed E-state index contributed by atoms with van der Waals surface area (Å²) < 4.78 is 0. The van der Waals surface area contributed by atoms with E-state index in [1.807, 2.05) is 6.26 Å². The van der Waals surface area contributed by atoms with Gasteiger partial charge in [0.2, 0.25) is 11.8 Å². The Kier molecular flexibility index (Phi) is 5.77. The first-order valence-electron chi connectivity index (χ1n) is 5.78. The Hall–Kier alpha value is -0.750. The Balaban J connectivity index is 2.65. The molecule has 1 N–H and O–H groups in total. The summed E-state index contributed by atoms with van der Waals surface area (Å²) in [7, 11) is 3.45. The average molecular weight is 259 g/mol. The Labute approximate surface area is 107 Å². The molecule has 5 nitrogen and oxygen atoms in total. The van der Waals surface area contributed by atoms with Crippen molar-refractivity contribution in [3.8, 4) is 0 Å². The maximum Gasteiger partial charge on any atom is 0.246 e. The molecule has 0 aromatic carbocycles. The molecule has 1 aliphatic rings. The second kappa shape index (κ2) is 6.86. The standard InChI is InChI=1S/C11H21N3O2S/c1-13(2)11(16)9-8-12-5-6-14(9)10(15)4-7-17-3/h9,12H,4-8H2,1-3H3. The van der Waals surface area contributed by atoms with E-state index < -0.39 is 0 Å². The largest absolute Gasteiger partial charge is 0.347 e. The number of nitrogens with one attached hydrogen (secondary N) is 1. The van der Waals surface area contributed by atoms with Crippen LogP contribution in [0.5, 0.6) is 0 Å². The van der Waals surface area contributed by atoms with Crippen molar-refractivity contribution in [1.29, 1.82) is 0 Å². The molecule has 0 aliphatic carbocycles. The summed E-state index contributed by atoms with van der Waals surface area (Å²) in [4.78, 5) is 27.2. The fraction of sp³-hybridized carbons (Fsp3) is 0.818. The van der Waals surface area contributed by atoms with Crippen molar-refractivity contribution < 1.29 is 9.59 Å². The van der Waals surface area contributed by atoms with Crippen molar-refractivity contribution in [3.63, 3.8) is 0 Å². The van der Waals surface area contributed by atoms with Crippen LogP contribution in [0.1, 0.15) is 6.42 Å². The van der Waals surface area contributed by atoms with Gasteiger partial charge in [-0.3, -0.25) is 9.59 Å². The molecule has 1 unspecified atom stereocenters. The van der Waals surface area contributed by atoms with Crippen LogP contribution in [0.25, 0.3) is 0 Å². The lowest BCUT2D eigenvalue weighted by molar-refractivity contribution is -0.145. The maximum atomic E-state index is 12.0. The van der Waals surface area contributed by atoms with Crippen molar-refractivity contribution in [2.75, 3.05) is 45.7 Å². The van der Waals surface area contributed by atoms with Crippen molar-refractivity contribution in [2.24, 2.45) is 0 Å². The van der Waals surface area contributed by atoms with Crippen LogP contribution >= 0.6 is 11.8 Å². The van der Waals surface area contributed by atoms with Gasteiger partial charge in [0.25, 0.3) is 0 Å². The van der Waals surface area contributed by atoms with Gasteiger partial charge in [0, 0.05) is 45.9 Å². The van der Waals surface area contributed by atoms with Gasteiger partial charge in [-0.05, 0) is 6.26 Å². The van der Waals surface area contributed by atoms with E-state index in [-0.39, 0.29) is 17.9 Å². The Morgan fingerprint density at radius 3 is 2.76 bits per heavy atom. The number of carbonyl (C=O) groups is 2. The van der Waals surface area contributed by atoms with Gasteiger partial charge < -0.3 is 15.1 Å². The molecule has 1 saturated heterocycles. The third-order valence-corrected chi connectivity index (χ3v) is 3.42. The molecular formula is C11H21N3O2S. The van der Waals surface area contributed by atoms with Gasteiger partial charge in [-0.15, -0.1) is 0 Å². The molecule has 98 valence electrons. The maximum absolute atomic E-state index is 12.0. The SMILES string of the molecule is CSCCC(=O)N1CCNCC1C(=O)N(C)C. The van der Waals surface area contributed by atoms with Crippen LogP contribution < -0.4 is 5.32 Å². The molecule has 1 atom stereocenters. The number of piperazine rings is 1. The highest BCUT2D eigenvalue weighted by molar-refractivity contribution is 7.98. The summed E-state index contributed by atoms with van der Waals surface area (Å²) in [5.41, 5.74) is 0. The number of amides is 2. The van der Waals surface area contributed by atoms with Gasteiger partial charge in [0.05, 0.1) is 0 Å². The minimum absolute atomic E-state index is 0.00491. The Bertz CT molecular complexity index is 284. The first-order valence-corrected chi connectivity index (χ1v) is 7.17. The molecule has 1 heterocycles. The molecule has 1 aliphatic heterocycles. The lowest BCUT2D eigenvalue weighted by Gasteiger charge is -2.36. The second-order valence-corrected chi connectivity index (χ2v) is 5.27. The molecule has 0 saturated carbocycles. The van der Waals surface area contributed by atoms with Crippen LogP contribution in [-0.4, -0.2) is 73.4 Å². The topological polar surface area (TPSA) is 52.7 Å². The zero-order valence-corrected chi connectivity index (χ0v) is 11.5. The van der Waals surface area contributed by atoms with Crippen LogP contribution in [0, 0.1) is 0 Å². The van der Waals surface area contributed by atoms with Crippen LogP contribution in [0.15, 0.2) is 0 Å². The van der Waals surface area contributed by atoms with Crippen molar-refractivity contribution in [3.05, 3.63) is 0 Å². The van der Waals surface area contributed by atoms with E-state index in [1.54, 1.807) is 35.7 Å². The van der Waals surface area contributed by atoms with E-state index in [4.69, 9.17) is 0 Å². The van der Waals surface area contributed by atoms with E-state index in [2.05, 4.69) is 5.32 Å². The normalized spacial score (nSPS) is 20.2. The molecule has 0 spiro atoms. The van der Waals surface area contributed by atoms with Crippen LogP contribution in [0.3, 0.4) is 0 Å². The number of likely N-dealkylation sites (N-methyl/N-ethyl adjacent to an activating group) is 1. The third kappa shape index (κ3) is 3.89. The van der Waals surface area contributed by atoms with Crippen LogP contribution in [0.2, 0.25) is 0 Å². The van der Waals surface area contributed by atoms with Gasteiger partial charge in [0.1, 0.15) is 6.04 Å². The summed E-state index contributed by atoms with van der Waals surface area (Å²) in [6.07, 6.45) is 2.49. The van der Waals surface area contributed by atoms with E-state index >= 15 is 0 Å². The fourth-order valence-corrected chi connectivity index (χ4v) is 2.23. The van der Waals surface area contributed by atoms with Gasteiger partial charge in [-0.2, -0.15) is 11.8 Å². The predicted molar refractivity (Wildman–Crippen MR) is 70.1 cm³/mol. The first-order chi connectivity index (χ1) is 8.07. The number of hydrogen-bond acceptors (Lipinski definition) is 4. The number of carbonyl (C=O) groups excluding carboxylic acids is 2. The lowest BCUT2D eigenvalue weighted by Crippen LogP contribution is -2.59. The smallest absolute Gasteiger partial charge is 0.246 e. The van der Waals surface area contributed by atoms with E-state index in [9.17, 15) is 9.59 Å². The Morgan fingerprint density at radius 1 is 1.47 bits per heavy atom. The molecule has 0 radical (unpaired) electrons. The quantitative estimate of drug-likeness (QED) is 0.748. The average Bonchev–Trinajstić information content (AvgIpc) is 2.34. The van der Waals surface area contributed by atoms with E-state index in [1.165, 1.54) is 0 Å². The number of rotatable bonds is 4. The van der Waals surface area contributed by atoms with Crippen LogP contribution in [0.4, 0.5) is 0 Å². The predicted octanol–water partition coefficient (Wildman–Crippen LogP) is -0.372. The number of hydrogen-bond donors (Lipinski definition) is 1. The first kappa shape index (κ1) is 14.3. The molecule has 1 fully saturated rings. The highest BCUT2D eigenvalue weighted by atomic mass is 32.2. The zero-order chi connectivity index (χ0) is 12.8. The summed E-state index contributed by atoms with van der Waals surface area (Å²) >= 11 is 1.65. The van der Waals surface area contributed by atoms with Gasteiger partial charge in [-0.1, -0.05) is 0 Å². The summed E-state index contributed by atoms with van der Waals surface area (Å²) in [5, 5.41) is 3.16. The molecule has 2 amide bonds. The van der Waals surface area contributed by atoms with Crippen LogP contribution in [-0.2, 0) is 9.59 Å². The van der Waals surface area contributed by atoms with Gasteiger partial charge >= 0.3 is 0 Å². The summed E-state index contributed by atoms with van der Waals surface area (Å²) in [5.74, 6) is 0.891. The molecule has 17 heavy (non-hydrogen) atoms. The summed E-state index contributed by atoms with van der Waals surface area (Å²) in [6, 6.07) is -0.340. The molecular weight excluding hydrogens is 238 g/mol. The number of nitrogens with zero attached hydrogens (tertiary/aromatic N) is 2. The van der Waals surface area contributed by atoms with E-state index in [0.717, 1.165) is 12.3 Å². The minimum atomic E-state index is -0.340. The molecule has 6 heteroatoms. The molecule has 0 aromatic rings. The second-order valence-electron chi connectivity index (χ2n) is 4.28. The highest BCUT2D eigenvalue weighted by Crippen LogP contribution is 2.09. The lowest BCUT2D eigenvalue weighted by atomic mass is 10.1. The molecule has 0 bridgehead atoms. The fourth-order valence-electron chi connectivity index (χ4n) is 1.85. The monoisotopic (exact) mass is 259 g/mol. The number of thioether (sulfide) groups is 1. The minimum Gasteiger partial charge on any atom is -0.347 e. The Morgan fingerprint density at radius 2 is 2.18 bits per heavy atom. The van der Waals surface area contributed by atoms with Crippen molar-refractivity contribution >= 4 is 23.6 Å².